The molecule has 0 radical (unpaired) electrons. The van der Waals surface area contributed by atoms with Gasteiger partial charge in [0.2, 0.25) is 0 Å². The van der Waals surface area contributed by atoms with Crippen LogP contribution in [0, 0.1) is 0 Å². The first-order chi connectivity index (χ1) is 11.6. The van der Waals surface area contributed by atoms with Crippen LogP contribution in [-0.2, 0) is 0 Å². The Bertz CT molecular complexity index is 984. The number of amides is 2. The molecule has 24 heavy (non-hydrogen) atoms. The maximum absolute atomic E-state index is 12.2. The molecule has 0 saturated carbocycles. The van der Waals surface area contributed by atoms with E-state index in [1.165, 1.54) is 18.3 Å². The lowest BCUT2D eigenvalue weighted by molar-refractivity contribution is 0.0844. The third-order valence-electron chi connectivity index (χ3n) is 3.19. The zero-order chi connectivity index (χ0) is 17.1. The number of carbonyl (C=O) groups excluding carboxylic acids is 2. The minimum atomic E-state index is -0.669. The number of halogens is 1. The zero-order valence-electron chi connectivity index (χ0n) is 12.0. The highest BCUT2D eigenvalue weighted by Gasteiger charge is 2.15. The number of carbonyl (C=O) groups is 2. The largest absolute Gasteiger partial charge is 0.290 e. The Balaban J connectivity index is 1.78. The van der Waals surface area contributed by atoms with Gasteiger partial charge in [0.05, 0.1) is 10.9 Å². The maximum Gasteiger partial charge on any atom is 0.290 e. The molecular formula is C15H10ClN5O3. The van der Waals surface area contributed by atoms with E-state index >= 15 is 0 Å². The number of fused-ring (bicyclic) bond motifs is 1. The van der Waals surface area contributed by atoms with Gasteiger partial charge >= 0.3 is 0 Å². The van der Waals surface area contributed by atoms with Crippen LogP contribution in [0.1, 0.15) is 20.8 Å². The van der Waals surface area contributed by atoms with Gasteiger partial charge in [0.25, 0.3) is 17.4 Å². The van der Waals surface area contributed by atoms with Gasteiger partial charge in [-0.1, -0.05) is 29.8 Å². The van der Waals surface area contributed by atoms with Gasteiger partial charge in [0.1, 0.15) is 5.15 Å². The first kappa shape index (κ1) is 15.6. The number of aromatic amines is 1. The molecule has 2 heterocycles. The monoisotopic (exact) mass is 343 g/mol. The van der Waals surface area contributed by atoms with Crippen molar-refractivity contribution in [1.29, 1.82) is 0 Å². The summed E-state index contributed by atoms with van der Waals surface area (Å²) in [6.45, 7) is 0. The molecule has 1 aromatic carbocycles. The molecule has 9 heteroatoms. The second-order valence-electron chi connectivity index (χ2n) is 4.72. The Morgan fingerprint density at radius 2 is 1.71 bits per heavy atom. The topological polar surface area (TPSA) is 117 Å². The van der Waals surface area contributed by atoms with E-state index < -0.39 is 17.4 Å². The van der Waals surface area contributed by atoms with Gasteiger partial charge in [0.15, 0.2) is 5.69 Å². The molecule has 0 aliphatic heterocycles. The molecule has 0 aliphatic carbocycles. The molecule has 0 fully saturated rings. The van der Waals surface area contributed by atoms with E-state index in [2.05, 4.69) is 26.0 Å². The number of hydrogen-bond donors (Lipinski definition) is 3. The van der Waals surface area contributed by atoms with Gasteiger partial charge in [-0.15, -0.1) is 0 Å². The van der Waals surface area contributed by atoms with Crippen LogP contribution in [0.4, 0.5) is 0 Å². The van der Waals surface area contributed by atoms with E-state index in [0.29, 0.717) is 10.8 Å². The maximum atomic E-state index is 12.2. The molecule has 3 aromatic rings. The summed E-state index contributed by atoms with van der Waals surface area (Å²) >= 11 is 5.64. The van der Waals surface area contributed by atoms with Gasteiger partial charge < -0.3 is 0 Å². The van der Waals surface area contributed by atoms with Crippen molar-refractivity contribution in [3.05, 3.63) is 69.4 Å². The molecule has 0 spiro atoms. The minimum Gasteiger partial charge on any atom is -0.267 e. The fraction of sp³-hybridized carbons (Fsp3) is 0. The number of nitrogens with one attached hydrogen (secondary N) is 3. The Kier molecular flexibility index (Phi) is 4.21. The number of benzene rings is 1. The third-order valence-corrected chi connectivity index (χ3v) is 3.41. The standard InChI is InChI=1S/C15H10ClN5O3/c16-11-6-5-8(7-17-11)13(22)19-21-15(24)12-9-3-1-2-4-10(9)14(23)20-18-12/h1-7H,(H,19,22)(H,20,23)(H,21,24). The number of H-pyrrole nitrogens is 1. The molecule has 2 aromatic heterocycles. The van der Waals surface area contributed by atoms with Gasteiger partial charge in [-0.3, -0.25) is 25.2 Å². The number of hydrogen-bond acceptors (Lipinski definition) is 5. The summed E-state index contributed by atoms with van der Waals surface area (Å²) in [5, 5.41) is 6.93. The second-order valence-corrected chi connectivity index (χ2v) is 5.11. The number of hydrazine groups is 1. The van der Waals surface area contributed by atoms with Crippen LogP contribution in [0.3, 0.4) is 0 Å². The summed E-state index contributed by atoms with van der Waals surface area (Å²) < 4.78 is 0. The lowest BCUT2D eigenvalue weighted by Crippen LogP contribution is -2.42. The van der Waals surface area contributed by atoms with Crippen molar-refractivity contribution in [1.82, 2.24) is 26.0 Å². The van der Waals surface area contributed by atoms with Crippen LogP contribution in [0.15, 0.2) is 47.4 Å². The summed E-state index contributed by atoms with van der Waals surface area (Å²) in [6, 6.07) is 9.44. The minimum absolute atomic E-state index is 0.0141. The molecule has 0 unspecified atom stereocenters. The molecule has 0 bridgehead atoms. The number of nitrogens with zero attached hydrogens (tertiary/aromatic N) is 2. The lowest BCUT2D eigenvalue weighted by atomic mass is 10.1. The molecule has 120 valence electrons. The van der Waals surface area contributed by atoms with E-state index in [1.807, 2.05) is 0 Å². The van der Waals surface area contributed by atoms with Crippen molar-refractivity contribution >= 4 is 34.2 Å². The van der Waals surface area contributed by atoms with E-state index in [0.717, 1.165) is 0 Å². The molecule has 0 atom stereocenters. The van der Waals surface area contributed by atoms with E-state index in [1.54, 1.807) is 24.3 Å². The van der Waals surface area contributed by atoms with Crippen LogP contribution in [-0.4, -0.2) is 27.0 Å². The van der Waals surface area contributed by atoms with Gasteiger partial charge in [-0.2, -0.15) is 5.10 Å². The SMILES string of the molecule is O=C(NNC(=O)c1n[nH]c(=O)c2ccccc12)c1ccc(Cl)nc1. The zero-order valence-corrected chi connectivity index (χ0v) is 12.8. The molecule has 0 saturated heterocycles. The Hall–Kier alpha value is -3.26. The molecule has 0 aliphatic rings. The molecule has 3 rings (SSSR count). The number of aromatic nitrogens is 3. The summed E-state index contributed by atoms with van der Waals surface area (Å²) in [6.07, 6.45) is 1.28. The van der Waals surface area contributed by atoms with Crippen LogP contribution < -0.4 is 16.4 Å². The highest BCUT2D eigenvalue weighted by molar-refractivity contribution is 6.29. The second kappa shape index (κ2) is 6.47. The van der Waals surface area contributed by atoms with Crippen molar-refractivity contribution < 1.29 is 9.59 Å². The fourth-order valence-corrected chi connectivity index (χ4v) is 2.15. The predicted molar refractivity (Wildman–Crippen MR) is 86.5 cm³/mol. The normalized spacial score (nSPS) is 10.4. The average molecular weight is 344 g/mol. The first-order valence-electron chi connectivity index (χ1n) is 6.76. The van der Waals surface area contributed by atoms with Crippen molar-refractivity contribution in [3.63, 3.8) is 0 Å². The van der Waals surface area contributed by atoms with Crippen molar-refractivity contribution in [2.75, 3.05) is 0 Å². The smallest absolute Gasteiger partial charge is 0.267 e. The van der Waals surface area contributed by atoms with Crippen LogP contribution >= 0.6 is 11.6 Å². The summed E-state index contributed by atoms with van der Waals surface area (Å²) in [4.78, 5) is 39.6. The lowest BCUT2D eigenvalue weighted by Gasteiger charge is -2.08. The first-order valence-corrected chi connectivity index (χ1v) is 7.14. The van der Waals surface area contributed by atoms with Crippen LogP contribution in [0.5, 0.6) is 0 Å². The Labute approximate surface area is 139 Å². The Morgan fingerprint density at radius 1 is 1.00 bits per heavy atom. The molecular weight excluding hydrogens is 334 g/mol. The van der Waals surface area contributed by atoms with Gasteiger partial charge in [-0.25, -0.2) is 10.1 Å². The molecule has 8 nitrogen and oxygen atoms in total. The highest BCUT2D eigenvalue weighted by Crippen LogP contribution is 2.11. The summed E-state index contributed by atoms with van der Waals surface area (Å²) in [5.74, 6) is -1.24. The van der Waals surface area contributed by atoms with E-state index in [9.17, 15) is 14.4 Å². The molecule has 3 N–H and O–H groups in total. The van der Waals surface area contributed by atoms with Crippen LogP contribution in [0.25, 0.3) is 10.8 Å². The number of rotatable bonds is 2. The van der Waals surface area contributed by atoms with Crippen molar-refractivity contribution in [3.8, 4) is 0 Å². The quantitative estimate of drug-likeness (QED) is 0.475. The molecule has 2 amide bonds. The van der Waals surface area contributed by atoms with Gasteiger partial charge in [-0.05, 0) is 18.2 Å². The van der Waals surface area contributed by atoms with Crippen molar-refractivity contribution in [2.45, 2.75) is 0 Å². The Morgan fingerprint density at radius 3 is 2.42 bits per heavy atom. The summed E-state index contributed by atoms with van der Waals surface area (Å²) in [5.41, 5.74) is 4.28. The van der Waals surface area contributed by atoms with Crippen molar-refractivity contribution in [2.24, 2.45) is 0 Å². The fourth-order valence-electron chi connectivity index (χ4n) is 2.04. The number of pyridine rings is 1. The van der Waals surface area contributed by atoms with E-state index in [-0.39, 0.29) is 16.4 Å². The predicted octanol–water partition coefficient (Wildman–Crippen LogP) is 1.05. The van der Waals surface area contributed by atoms with Gasteiger partial charge in [0, 0.05) is 11.6 Å². The third kappa shape index (κ3) is 3.08. The highest BCUT2D eigenvalue weighted by atomic mass is 35.5. The summed E-state index contributed by atoms with van der Waals surface area (Å²) in [7, 11) is 0. The van der Waals surface area contributed by atoms with Crippen LogP contribution in [0.2, 0.25) is 5.15 Å². The average Bonchev–Trinajstić information content (AvgIpc) is 2.60. The van der Waals surface area contributed by atoms with E-state index in [4.69, 9.17) is 11.6 Å².